The van der Waals surface area contributed by atoms with E-state index in [2.05, 4.69) is 32.9 Å². The number of nitrogens with two attached hydrogens (primary N) is 1. The zero-order valence-corrected chi connectivity index (χ0v) is 13.1. The van der Waals surface area contributed by atoms with Gasteiger partial charge in [-0.1, -0.05) is 13.0 Å². The molecule has 2 aromatic heterocycles. The topological polar surface area (TPSA) is 56.7 Å². The molecule has 2 N–H and O–H groups in total. The molecule has 0 aromatic carbocycles. The van der Waals surface area contributed by atoms with Gasteiger partial charge in [-0.15, -0.1) is 0 Å². The molecule has 2 unspecified atom stereocenters. The minimum atomic E-state index is -0.0313. The van der Waals surface area contributed by atoms with Crippen LogP contribution < -0.4 is 5.73 Å². The van der Waals surface area contributed by atoms with Crippen molar-refractivity contribution in [2.24, 2.45) is 5.73 Å². The van der Waals surface area contributed by atoms with Gasteiger partial charge < -0.3 is 5.73 Å². The van der Waals surface area contributed by atoms with Gasteiger partial charge in [-0.2, -0.15) is 5.10 Å². The lowest BCUT2D eigenvalue weighted by atomic mass is 10.0. The van der Waals surface area contributed by atoms with E-state index in [1.807, 2.05) is 36.7 Å². The minimum Gasteiger partial charge on any atom is -0.326 e. The molecule has 0 fully saturated rings. The van der Waals surface area contributed by atoms with E-state index in [1.54, 1.807) is 6.20 Å². The summed E-state index contributed by atoms with van der Waals surface area (Å²) in [6.45, 7) is 6.12. The van der Waals surface area contributed by atoms with Gasteiger partial charge in [-0.05, 0) is 48.3 Å². The van der Waals surface area contributed by atoms with Gasteiger partial charge in [-0.25, -0.2) is 0 Å². The molecule has 0 radical (unpaired) electrons. The molecule has 19 heavy (non-hydrogen) atoms. The number of halogens is 1. The van der Waals surface area contributed by atoms with Gasteiger partial charge in [-0.3, -0.25) is 9.67 Å². The zero-order valence-electron chi connectivity index (χ0n) is 11.5. The Morgan fingerprint density at radius 2 is 2.11 bits per heavy atom. The van der Waals surface area contributed by atoms with Crippen molar-refractivity contribution in [3.05, 3.63) is 46.0 Å². The molecule has 102 valence electrons. The average Bonchev–Trinajstić information content (AvgIpc) is 2.68. The Bertz CT molecular complexity index is 550. The number of hydrogen-bond donors (Lipinski definition) is 1. The first-order valence-electron chi connectivity index (χ1n) is 6.44. The van der Waals surface area contributed by atoms with E-state index in [1.165, 1.54) is 0 Å². The smallest absolute Gasteiger partial charge is 0.109 e. The van der Waals surface area contributed by atoms with Crippen LogP contribution in [0.2, 0.25) is 0 Å². The summed E-state index contributed by atoms with van der Waals surface area (Å²) in [5.41, 5.74) is 9.30. The Kier molecular flexibility index (Phi) is 4.37. The van der Waals surface area contributed by atoms with Gasteiger partial charge in [0.1, 0.15) is 6.04 Å². The van der Waals surface area contributed by atoms with Crippen molar-refractivity contribution < 1.29 is 0 Å². The Hall–Kier alpha value is -1.20. The van der Waals surface area contributed by atoms with Crippen molar-refractivity contribution in [1.82, 2.24) is 14.8 Å². The van der Waals surface area contributed by atoms with E-state index in [4.69, 9.17) is 5.73 Å². The Morgan fingerprint density at radius 3 is 2.58 bits per heavy atom. The second kappa shape index (κ2) is 5.84. The van der Waals surface area contributed by atoms with Gasteiger partial charge >= 0.3 is 0 Å². The second-order valence-electron chi connectivity index (χ2n) is 4.70. The lowest BCUT2D eigenvalue weighted by molar-refractivity contribution is 0.407. The van der Waals surface area contributed by atoms with Crippen LogP contribution in [0.3, 0.4) is 0 Å². The molecule has 0 saturated heterocycles. The highest BCUT2D eigenvalue weighted by molar-refractivity contribution is 9.10. The van der Waals surface area contributed by atoms with Crippen molar-refractivity contribution in [1.29, 1.82) is 0 Å². The molecule has 0 bridgehead atoms. The summed E-state index contributed by atoms with van der Waals surface area (Å²) in [7, 11) is 0. The Morgan fingerprint density at radius 1 is 1.37 bits per heavy atom. The standard InChI is InChI=1S/C14H19BrN4/c1-4-11(16)14(12-7-5-6-8-17-12)19-10(3)13(15)9(2)18-19/h5-8,11,14H,4,16H2,1-3H3. The number of aryl methyl sites for hydroxylation is 1. The Labute approximate surface area is 122 Å². The molecule has 0 amide bonds. The average molecular weight is 323 g/mol. The van der Waals surface area contributed by atoms with Crippen LogP contribution in [0.25, 0.3) is 0 Å². The van der Waals surface area contributed by atoms with Gasteiger partial charge in [0.15, 0.2) is 0 Å². The molecular weight excluding hydrogens is 304 g/mol. The molecule has 2 aromatic rings. The number of rotatable bonds is 4. The minimum absolute atomic E-state index is 0.0141. The number of aromatic nitrogens is 3. The normalized spacial score (nSPS) is 14.4. The SMILES string of the molecule is CCC(N)C(c1ccccn1)n1nc(C)c(Br)c1C. The predicted octanol–water partition coefficient (Wildman–Crippen LogP) is 2.98. The maximum Gasteiger partial charge on any atom is 0.109 e. The van der Waals surface area contributed by atoms with E-state index in [0.717, 1.165) is 28.0 Å². The van der Waals surface area contributed by atoms with Gasteiger partial charge in [0.2, 0.25) is 0 Å². The van der Waals surface area contributed by atoms with E-state index in [9.17, 15) is 0 Å². The van der Waals surface area contributed by atoms with E-state index in [-0.39, 0.29) is 12.1 Å². The van der Waals surface area contributed by atoms with E-state index < -0.39 is 0 Å². The highest BCUT2D eigenvalue weighted by atomic mass is 79.9. The first-order chi connectivity index (χ1) is 9.06. The molecule has 4 nitrogen and oxygen atoms in total. The lowest BCUT2D eigenvalue weighted by Gasteiger charge is -2.24. The van der Waals surface area contributed by atoms with Crippen molar-refractivity contribution >= 4 is 15.9 Å². The molecular formula is C14H19BrN4. The summed E-state index contributed by atoms with van der Waals surface area (Å²) >= 11 is 3.57. The maximum absolute atomic E-state index is 6.29. The Balaban J connectivity index is 2.52. The molecule has 0 aliphatic heterocycles. The largest absolute Gasteiger partial charge is 0.326 e. The van der Waals surface area contributed by atoms with Crippen molar-refractivity contribution in [3.63, 3.8) is 0 Å². The van der Waals surface area contributed by atoms with E-state index in [0.29, 0.717) is 0 Å². The fraction of sp³-hybridized carbons (Fsp3) is 0.429. The van der Waals surface area contributed by atoms with Crippen molar-refractivity contribution in [2.75, 3.05) is 0 Å². The molecule has 2 heterocycles. The van der Waals surface area contributed by atoms with Gasteiger partial charge in [0.05, 0.1) is 21.6 Å². The summed E-state index contributed by atoms with van der Waals surface area (Å²) in [6.07, 6.45) is 2.67. The van der Waals surface area contributed by atoms with Crippen molar-refractivity contribution in [2.45, 2.75) is 39.3 Å². The molecule has 0 aliphatic carbocycles. The lowest BCUT2D eigenvalue weighted by Crippen LogP contribution is -2.34. The number of nitrogens with zero attached hydrogens (tertiary/aromatic N) is 3. The van der Waals surface area contributed by atoms with Crippen LogP contribution in [0.4, 0.5) is 0 Å². The molecule has 2 atom stereocenters. The predicted molar refractivity (Wildman–Crippen MR) is 80.0 cm³/mol. The summed E-state index contributed by atoms with van der Waals surface area (Å²) in [6, 6.07) is 5.86. The van der Waals surface area contributed by atoms with Crippen molar-refractivity contribution in [3.8, 4) is 0 Å². The van der Waals surface area contributed by atoms with Crippen LogP contribution in [0, 0.1) is 13.8 Å². The van der Waals surface area contributed by atoms with Crippen LogP contribution >= 0.6 is 15.9 Å². The van der Waals surface area contributed by atoms with Crippen LogP contribution in [0.15, 0.2) is 28.9 Å². The highest BCUT2D eigenvalue weighted by Crippen LogP contribution is 2.27. The third kappa shape index (κ3) is 2.72. The molecule has 0 spiro atoms. The second-order valence-corrected chi connectivity index (χ2v) is 5.49. The number of pyridine rings is 1. The van der Waals surface area contributed by atoms with E-state index >= 15 is 0 Å². The summed E-state index contributed by atoms with van der Waals surface area (Å²) in [5.74, 6) is 0. The third-order valence-corrected chi connectivity index (χ3v) is 4.52. The molecule has 5 heteroatoms. The molecule has 0 aliphatic rings. The molecule has 2 rings (SSSR count). The van der Waals surface area contributed by atoms with Gasteiger partial charge in [0.25, 0.3) is 0 Å². The third-order valence-electron chi connectivity index (χ3n) is 3.37. The fourth-order valence-electron chi connectivity index (χ4n) is 2.21. The summed E-state index contributed by atoms with van der Waals surface area (Å²) < 4.78 is 3.02. The first-order valence-corrected chi connectivity index (χ1v) is 7.23. The fourth-order valence-corrected chi connectivity index (χ4v) is 2.47. The molecule has 0 saturated carbocycles. The summed E-state index contributed by atoms with van der Waals surface area (Å²) in [5, 5.41) is 4.61. The highest BCUT2D eigenvalue weighted by Gasteiger charge is 2.25. The van der Waals surface area contributed by atoms with Gasteiger partial charge in [0, 0.05) is 12.2 Å². The summed E-state index contributed by atoms with van der Waals surface area (Å²) in [4.78, 5) is 4.45. The van der Waals surface area contributed by atoms with Crippen LogP contribution in [0.5, 0.6) is 0 Å². The number of hydrogen-bond acceptors (Lipinski definition) is 3. The quantitative estimate of drug-likeness (QED) is 0.941. The maximum atomic E-state index is 6.29. The van der Waals surface area contributed by atoms with Crippen LogP contribution in [-0.4, -0.2) is 20.8 Å². The van der Waals surface area contributed by atoms with Crippen LogP contribution in [0.1, 0.15) is 36.5 Å². The monoisotopic (exact) mass is 322 g/mol. The van der Waals surface area contributed by atoms with Crippen LogP contribution in [-0.2, 0) is 0 Å². The first kappa shape index (κ1) is 14.2. The zero-order chi connectivity index (χ0) is 14.0.